The first-order chi connectivity index (χ1) is 8.86. The molecule has 0 unspecified atom stereocenters. The molecule has 2 aromatic carbocycles. The molecule has 1 saturated heterocycles. The molecule has 1 aliphatic heterocycles. The standard InChI is InChI=1S/C16H18N2/c17-18-15(13-7-3-1-4-8-13)11-12-16(18)14-9-5-2-6-10-14/h1-10,15-16H,11-12,17H2/t15-,16-/m0/s1. The minimum Gasteiger partial charge on any atom is -0.268 e. The molecule has 0 radical (unpaired) electrons. The lowest BCUT2D eigenvalue weighted by atomic mass is 10.0. The zero-order valence-electron chi connectivity index (χ0n) is 10.4. The quantitative estimate of drug-likeness (QED) is 0.812. The van der Waals surface area contributed by atoms with Crippen molar-refractivity contribution in [1.29, 1.82) is 0 Å². The van der Waals surface area contributed by atoms with Crippen LogP contribution in [0.3, 0.4) is 0 Å². The Kier molecular flexibility index (Phi) is 3.13. The van der Waals surface area contributed by atoms with Crippen LogP contribution >= 0.6 is 0 Å². The molecule has 2 aromatic rings. The van der Waals surface area contributed by atoms with Crippen LogP contribution in [-0.2, 0) is 0 Å². The Morgan fingerprint density at radius 3 is 1.50 bits per heavy atom. The molecule has 0 aromatic heterocycles. The number of hydrogen-bond acceptors (Lipinski definition) is 2. The van der Waals surface area contributed by atoms with Crippen molar-refractivity contribution in [3.63, 3.8) is 0 Å². The van der Waals surface area contributed by atoms with Gasteiger partial charge in [0.1, 0.15) is 0 Å². The van der Waals surface area contributed by atoms with Crippen LogP contribution in [0.5, 0.6) is 0 Å². The van der Waals surface area contributed by atoms with Crippen LogP contribution in [0.1, 0.15) is 36.1 Å². The van der Waals surface area contributed by atoms with Crippen LogP contribution < -0.4 is 5.84 Å². The van der Waals surface area contributed by atoms with Crippen molar-refractivity contribution in [1.82, 2.24) is 5.01 Å². The summed E-state index contributed by atoms with van der Waals surface area (Å²) < 4.78 is 0. The van der Waals surface area contributed by atoms with Gasteiger partial charge in [-0.15, -0.1) is 0 Å². The van der Waals surface area contributed by atoms with Gasteiger partial charge in [0, 0.05) is 12.1 Å². The van der Waals surface area contributed by atoms with Gasteiger partial charge in [-0.1, -0.05) is 60.7 Å². The average molecular weight is 238 g/mol. The second-order valence-corrected chi connectivity index (χ2v) is 4.88. The fraction of sp³-hybridized carbons (Fsp3) is 0.250. The first-order valence-electron chi connectivity index (χ1n) is 6.49. The van der Waals surface area contributed by atoms with E-state index in [0.29, 0.717) is 12.1 Å². The number of rotatable bonds is 2. The molecule has 1 aliphatic rings. The number of nitrogens with two attached hydrogens (primary N) is 1. The Balaban J connectivity index is 1.83. The van der Waals surface area contributed by atoms with Crippen molar-refractivity contribution in [3.05, 3.63) is 71.8 Å². The summed E-state index contributed by atoms with van der Waals surface area (Å²) in [4.78, 5) is 0. The highest BCUT2D eigenvalue weighted by atomic mass is 15.4. The molecule has 1 fully saturated rings. The van der Waals surface area contributed by atoms with Crippen LogP contribution in [-0.4, -0.2) is 5.01 Å². The van der Waals surface area contributed by atoms with Crippen molar-refractivity contribution in [2.45, 2.75) is 24.9 Å². The molecular formula is C16H18N2. The van der Waals surface area contributed by atoms with E-state index in [-0.39, 0.29) is 0 Å². The van der Waals surface area contributed by atoms with Gasteiger partial charge in [-0.05, 0) is 24.0 Å². The summed E-state index contributed by atoms with van der Waals surface area (Å²) >= 11 is 0. The zero-order valence-corrected chi connectivity index (χ0v) is 10.4. The highest BCUT2D eigenvalue weighted by molar-refractivity contribution is 5.24. The van der Waals surface area contributed by atoms with Crippen LogP contribution in [0, 0.1) is 0 Å². The molecule has 0 saturated carbocycles. The summed E-state index contributed by atoms with van der Waals surface area (Å²) in [7, 11) is 0. The highest BCUT2D eigenvalue weighted by Crippen LogP contribution is 2.40. The first-order valence-corrected chi connectivity index (χ1v) is 6.49. The van der Waals surface area contributed by atoms with Gasteiger partial charge in [0.2, 0.25) is 0 Å². The van der Waals surface area contributed by atoms with Crippen LogP contribution in [0.4, 0.5) is 0 Å². The molecule has 3 rings (SSSR count). The monoisotopic (exact) mass is 238 g/mol. The van der Waals surface area contributed by atoms with E-state index in [4.69, 9.17) is 5.84 Å². The maximum atomic E-state index is 6.32. The maximum absolute atomic E-state index is 6.32. The van der Waals surface area contributed by atoms with Gasteiger partial charge in [-0.3, -0.25) is 5.84 Å². The molecule has 0 aliphatic carbocycles. The minimum atomic E-state index is 0.344. The van der Waals surface area contributed by atoms with Crippen LogP contribution in [0.15, 0.2) is 60.7 Å². The maximum Gasteiger partial charge on any atom is 0.0498 e. The summed E-state index contributed by atoms with van der Waals surface area (Å²) in [5.41, 5.74) is 2.64. The van der Waals surface area contributed by atoms with Crippen LogP contribution in [0.2, 0.25) is 0 Å². The van der Waals surface area contributed by atoms with E-state index < -0.39 is 0 Å². The molecule has 92 valence electrons. The number of hydrogen-bond donors (Lipinski definition) is 1. The zero-order chi connectivity index (χ0) is 12.4. The number of nitrogens with zero attached hydrogens (tertiary/aromatic N) is 1. The lowest BCUT2D eigenvalue weighted by Gasteiger charge is -2.25. The topological polar surface area (TPSA) is 29.3 Å². The van der Waals surface area contributed by atoms with Gasteiger partial charge in [0.25, 0.3) is 0 Å². The first kappa shape index (κ1) is 11.5. The molecule has 2 N–H and O–H groups in total. The smallest absolute Gasteiger partial charge is 0.0498 e. The second-order valence-electron chi connectivity index (χ2n) is 4.88. The number of hydrazine groups is 1. The van der Waals surface area contributed by atoms with Gasteiger partial charge < -0.3 is 0 Å². The van der Waals surface area contributed by atoms with Crippen molar-refractivity contribution in [3.8, 4) is 0 Å². The van der Waals surface area contributed by atoms with Crippen molar-refractivity contribution in [2.75, 3.05) is 0 Å². The minimum absolute atomic E-state index is 0.344. The fourth-order valence-corrected chi connectivity index (χ4v) is 2.86. The molecule has 0 bridgehead atoms. The van der Waals surface area contributed by atoms with E-state index in [2.05, 4.69) is 48.5 Å². The van der Waals surface area contributed by atoms with E-state index in [1.807, 2.05) is 17.1 Å². The Hall–Kier alpha value is -1.64. The Labute approximate surface area is 108 Å². The van der Waals surface area contributed by atoms with E-state index >= 15 is 0 Å². The van der Waals surface area contributed by atoms with E-state index in [1.54, 1.807) is 0 Å². The van der Waals surface area contributed by atoms with Gasteiger partial charge in [-0.2, -0.15) is 0 Å². The Morgan fingerprint density at radius 2 is 1.11 bits per heavy atom. The molecule has 2 heteroatoms. The van der Waals surface area contributed by atoms with Gasteiger partial charge in [-0.25, -0.2) is 5.01 Å². The highest BCUT2D eigenvalue weighted by Gasteiger charge is 2.32. The summed E-state index contributed by atoms with van der Waals surface area (Å²) in [5, 5.41) is 2.02. The second kappa shape index (κ2) is 4.92. The third-order valence-electron chi connectivity index (χ3n) is 3.80. The summed E-state index contributed by atoms with van der Waals surface area (Å²) in [5.74, 6) is 6.32. The van der Waals surface area contributed by atoms with Gasteiger partial charge in [0.15, 0.2) is 0 Å². The third-order valence-corrected chi connectivity index (χ3v) is 3.80. The molecule has 1 heterocycles. The molecule has 0 spiro atoms. The van der Waals surface area contributed by atoms with Crippen molar-refractivity contribution >= 4 is 0 Å². The van der Waals surface area contributed by atoms with Gasteiger partial charge in [0.05, 0.1) is 0 Å². The molecule has 18 heavy (non-hydrogen) atoms. The van der Waals surface area contributed by atoms with Crippen LogP contribution in [0.25, 0.3) is 0 Å². The summed E-state index contributed by atoms with van der Waals surface area (Å²) in [6, 6.07) is 21.8. The predicted molar refractivity (Wildman–Crippen MR) is 73.6 cm³/mol. The predicted octanol–water partition coefficient (Wildman–Crippen LogP) is 3.44. The fourth-order valence-electron chi connectivity index (χ4n) is 2.86. The lowest BCUT2D eigenvalue weighted by molar-refractivity contribution is 0.200. The van der Waals surface area contributed by atoms with Gasteiger partial charge >= 0.3 is 0 Å². The molecule has 0 amide bonds. The molecular weight excluding hydrogens is 220 g/mol. The molecule has 2 nitrogen and oxygen atoms in total. The van der Waals surface area contributed by atoms with Crippen molar-refractivity contribution < 1.29 is 0 Å². The Morgan fingerprint density at radius 1 is 0.722 bits per heavy atom. The average Bonchev–Trinajstić information content (AvgIpc) is 2.83. The van der Waals surface area contributed by atoms with E-state index in [1.165, 1.54) is 11.1 Å². The van der Waals surface area contributed by atoms with E-state index in [9.17, 15) is 0 Å². The normalized spacial score (nSPS) is 24.3. The Bertz CT molecular complexity index is 448. The third kappa shape index (κ3) is 2.05. The number of benzene rings is 2. The lowest BCUT2D eigenvalue weighted by Crippen LogP contribution is -2.32. The summed E-state index contributed by atoms with van der Waals surface area (Å²) in [6.45, 7) is 0. The largest absolute Gasteiger partial charge is 0.268 e. The molecule has 2 atom stereocenters. The SMILES string of the molecule is NN1[C@H](c2ccccc2)CC[C@H]1c1ccccc1. The van der Waals surface area contributed by atoms with Crippen molar-refractivity contribution in [2.24, 2.45) is 5.84 Å². The van der Waals surface area contributed by atoms with E-state index in [0.717, 1.165) is 12.8 Å². The summed E-state index contributed by atoms with van der Waals surface area (Å²) in [6.07, 6.45) is 2.25.